The minimum absolute atomic E-state index is 0.219. The van der Waals surface area contributed by atoms with Gasteiger partial charge in [-0.25, -0.2) is 0 Å². The fraction of sp³-hybridized carbons (Fsp3) is 0.933. The summed E-state index contributed by atoms with van der Waals surface area (Å²) in [5.74, 6) is -0.219. The van der Waals surface area contributed by atoms with E-state index < -0.39 is 10.1 Å². The normalized spacial score (nSPS) is 11.0. The van der Waals surface area contributed by atoms with Crippen LogP contribution < -0.4 is 5.32 Å². The number of hydrogen-bond donors (Lipinski definition) is 2. The van der Waals surface area contributed by atoms with E-state index in [0.29, 0.717) is 9.58 Å². The zero-order valence-electron chi connectivity index (χ0n) is 14.6. The monoisotopic (exact) mass is 345 g/mol. The minimum Gasteiger partial charge on any atom is -0.319 e. The van der Waals surface area contributed by atoms with Crippen LogP contribution in [0.1, 0.15) is 71.1 Å². The molecule has 7 heteroatoms. The Balaban J connectivity index is 0. The summed E-state index contributed by atoms with van der Waals surface area (Å²) < 4.78 is 28.4. The second kappa shape index (κ2) is 17.9. The van der Waals surface area contributed by atoms with Crippen LogP contribution in [0.2, 0.25) is 0 Å². The number of rotatable bonds is 13. The van der Waals surface area contributed by atoms with Gasteiger partial charge in [-0.3, -0.25) is 4.55 Å². The third kappa shape index (κ3) is 28.7. The third-order valence-corrected chi connectivity index (χ3v) is 4.46. The molecular weight excluding hydrogens is 313 g/mol. The summed E-state index contributed by atoms with van der Waals surface area (Å²) >= 11 is 0.751. The van der Waals surface area contributed by atoms with Crippen molar-refractivity contribution in [2.45, 2.75) is 71.1 Å². The molecule has 0 aromatic rings. The van der Waals surface area contributed by atoms with Gasteiger partial charge < -0.3 is 5.32 Å². The van der Waals surface area contributed by atoms with Crippen LogP contribution >= 0.6 is 0 Å². The molecule has 0 spiro atoms. The quantitative estimate of drug-likeness (QED) is 0.305. The summed E-state index contributed by atoms with van der Waals surface area (Å²) in [7, 11) is -2.13. The molecule has 0 aliphatic heterocycles. The molecule has 128 valence electrons. The molecule has 0 unspecified atom stereocenters. The minimum atomic E-state index is -3.75. The molecule has 0 atom stereocenters. The molecule has 5 nitrogen and oxygen atoms in total. The van der Waals surface area contributed by atoms with Gasteiger partial charge in [0.05, 0.1) is 5.75 Å². The maximum atomic E-state index is 10.7. The fourth-order valence-electron chi connectivity index (χ4n) is 1.92. The van der Waals surface area contributed by atoms with Gasteiger partial charge in [0, 0.05) is 6.54 Å². The van der Waals surface area contributed by atoms with E-state index in [9.17, 15) is 13.2 Å². The molecule has 0 heterocycles. The van der Waals surface area contributed by atoms with Gasteiger partial charge in [-0.05, 0) is 7.05 Å². The molecule has 0 amide bonds. The second-order valence-corrected chi connectivity index (χ2v) is 8.36. The number of carbonyl (C=O) groups excluding carboxylic acids is 1. The van der Waals surface area contributed by atoms with Crippen molar-refractivity contribution < 1.29 is 17.8 Å². The molecular formula is C15H32NNaO4S. The zero-order chi connectivity index (χ0) is 17.3. The summed E-state index contributed by atoms with van der Waals surface area (Å²) in [5.41, 5.74) is 0. The average molecular weight is 345 g/mol. The summed E-state index contributed by atoms with van der Waals surface area (Å²) in [6.45, 7) is 2.55. The topological polar surface area (TPSA) is 83.5 Å². The van der Waals surface area contributed by atoms with E-state index >= 15 is 0 Å². The molecule has 0 fully saturated rings. The van der Waals surface area contributed by atoms with Gasteiger partial charge in [0.2, 0.25) is 0 Å². The van der Waals surface area contributed by atoms with Crippen molar-refractivity contribution >= 4 is 41.1 Å². The molecule has 0 aliphatic carbocycles. The Labute approximate surface area is 154 Å². The van der Waals surface area contributed by atoms with Gasteiger partial charge in [0.15, 0.2) is 0 Å². The van der Waals surface area contributed by atoms with E-state index in [4.69, 9.17) is 4.55 Å². The molecule has 0 saturated carbocycles. The fourth-order valence-corrected chi connectivity index (χ4v) is 2.73. The molecule has 0 rings (SSSR count). The van der Waals surface area contributed by atoms with Crippen LogP contribution in [0.15, 0.2) is 0 Å². The standard InChI is InChI=1S/C12H23O.C3H9NO3S.Na/c1-2-3-4-5-6-7-8-9-10-11-12-13;1-4-2-3-8(5,6)7;/h2-11H2,1H3;4H,2-3H2,1H3,(H,5,6,7);. The van der Waals surface area contributed by atoms with Gasteiger partial charge in [-0.2, -0.15) is 8.42 Å². The van der Waals surface area contributed by atoms with Crippen molar-refractivity contribution in [1.82, 2.24) is 5.32 Å². The van der Waals surface area contributed by atoms with E-state index in [-0.39, 0.29) is 5.75 Å². The Bertz CT molecular complexity index is 347. The number of nitrogens with one attached hydrogen (secondary N) is 1. The van der Waals surface area contributed by atoms with Crippen molar-refractivity contribution in [3.8, 4) is 0 Å². The first-order chi connectivity index (χ1) is 10.3. The van der Waals surface area contributed by atoms with Crippen LogP contribution in [0.3, 0.4) is 0 Å². The number of carbonyl (C=O) groups is 1. The van der Waals surface area contributed by atoms with Crippen molar-refractivity contribution in [3.63, 3.8) is 0 Å². The van der Waals surface area contributed by atoms with Crippen LogP contribution in [0.5, 0.6) is 0 Å². The number of unbranched alkanes of at least 4 members (excludes halogenated alkanes) is 8. The molecule has 0 saturated heterocycles. The zero-order valence-corrected chi connectivity index (χ0v) is 17.4. The number of hydrogen-bond acceptors (Lipinski definition) is 4. The smallest absolute Gasteiger partial charge is 0.266 e. The second-order valence-electron chi connectivity index (χ2n) is 5.67. The van der Waals surface area contributed by atoms with E-state index in [1.807, 2.05) is 0 Å². The van der Waals surface area contributed by atoms with Crippen LogP contribution in [-0.4, -0.2) is 63.3 Å². The van der Waals surface area contributed by atoms with Gasteiger partial charge in [-0.1, -0.05) is 0 Å². The summed E-state index contributed by atoms with van der Waals surface area (Å²) in [6.07, 6.45) is 12.9. The first-order valence-electron chi connectivity index (χ1n) is 8.42. The molecule has 0 aliphatic rings. The van der Waals surface area contributed by atoms with Crippen molar-refractivity contribution in [3.05, 3.63) is 0 Å². The van der Waals surface area contributed by atoms with Crippen molar-refractivity contribution in [2.24, 2.45) is 0 Å². The van der Waals surface area contributed by atoms with Crippen LogP contribution in [0.25, 0.3) is 0 Å². The van der Waals surface area contributed by atoms with Gasteiger partial charge in [-0.15, -0.1) is 0 Å². The Morgan fingerprint density at radius 1 is 1.00 bits per heavy atom. The molecule has 0 bridgehead atoms. The van der Waals surface area contributed by atoms with Crippen LogP contribution in [0, 0.1) is 0 Å². The molecule has 2 N–H and O–H groups in total. The van der Waals surface area contributed by atoms with Gasteiger partial charge >= 0.3 is 107 Å². The predicted octanol–water partition coefficient (Wildman–Crippen LogP) is 2.70. The van der Waals surface area contributed by atoms with Crippen molar-refractivity contribution in [1.29, 1.82) is 0 Å². The maximum absolute atomic E-state index is 10.7. The Hall–Kier alpha value is 0.540. The molecule has 0 aromatic heterocycles. The summed E-state index contributed by atoms with van der Waals surface area (Å²) in [6, 6.07) is 0. The Kier molecular flexibility index (Phi) is 20.2. The summed E-state index contributed by atoms with van der Waals surface area (Å²) in [4.78, 5) is 10.7. The SMILES string of the molecule is CCCCCCCCCCC[C](=O)[Na].CNCCS(=O)(=O)O. The Morgan fingerprint density at radius 2 is 1.45 bits per heavy atom. The largest absolute Gasteiger partial charge is 0.319 e. The van der Waals surface area contributed by atoms with E-state index in [2.05, 4.69) is 12.2 Å². The van der Waals surface area contributed by atoms with Crippen LogP contribution in [-0.2, 0) is 14.9 Å². The van der Waals surface area contributed by atoms with Gasteiger partial charge in [0.25, 0.3) is 10.1 Å². The predicted molar refractivity (Wildman–Crippen MR) is 92.9 cm³/mol. The third-order valence-electron chi connectivity index (χ3n) is 3.24. The average Bonchev–Trinajstić information content (AvgIpc) is 2.43. The first kappa shape index (κ1) is 24.8. The van der Waals surface area contributed by atoms with Gasteiger partial charge in [0.1, 0.15) is 0 Å². The van der Waals surface area contributed by atoms with Crippen LogP contribution in [0.4, 0.5) is 0 Å². The first-order valence-corrected chi connectivity index (χ1v) is 11.0. The van der Waals surface area contributed by atoms with E-state index in [0.717, 1.165) is 40.8 Å². The molecule has 22 heavy (non-hydrogen) atoms. The maximum Gasteiger partial charge on any atom is 0.266 e. The van der Waals surface area contributed by atoms with E-state index in [1.165, 1.54) is 51.4 Å². The molecule has 0 radical (unpaired) electrons. The molecule has 0 aromatic carbocycles. The van der Waals surface area contributed by atoms with E-state index in [1.54, 1.807) is 7.05 Å². The summed E-state index contributed by atoms with van der Waals surface area (Å²) in [5, 5.41) is 2.59. The van der Waals surface area contributed by atoms with Crippen molar-refractivity contribution in [2.75, 3.05) is 19.3 Å². The Morgan fingerprint density at radius 3 is 1.77 bits per heavy atom.